The van der Waals surface area contributed by atoms with Crippen LogP contribution >= 0.6 is 11.6 Å². The van der Waals surface area contributed by atoms with Crippen molar-refractivity contribution in [3.63, 3.8) is 0 Å². The minimum absolute atomic E-state index is 0.0235. The zero-order valence-corrected chi connectivity index (χ0v) is 12.7. The van der Waals surface area contributed by atoms with Gasteiger partial charge >= 0.3 is 0 Å². The van der Waals surface area contributed by atoms with E-state index < -0.39 is 10.0 Å². The number of sulfonamides is 1. The van der Waals surface area contributed by atoms with Crippen molar-refractivity contribution in [1.29, 1.82) is 0 Å². The molecule has 1 saturated heterocycles. The van der Waals surface area contributed by atoms with E-state index in [9.17, 15) is 8.42 Å². The lowest BCUT2D eigenvalue weighted by molar-refractivity contribution is 0.196. The Morgan fingerprint density at radius 1 is 1.42 bits per heavy atom. The van der Waals surface area contributed by atoms with E-state index in [2.05, 4.69) is 4.90 Å². The summed E-state index contributed by atoms with van der Waals surface area (Å²) in [6.07, 6.45) is 1.69. The lowest BCUT2D eigenvalue weighted by atomic mass is 10.1. The van der Waals surface area contributed by atoms with Crippen LogP contribution in [-0.4, -0.2) is 50.8 Å². The van der Waals surface area contributed by atoms with Crippen molar-refractivity contribution in [2.24, 2.45) is 0 Å². The van der Waals surface area contributed by atoms with Crippen molar-refractivity contribution in [2.45, 2.75) is 29.9 Å². The van der Waals surface area contributed by atoms with Gasteiger partial charge in [0.25, 0.3) is 10.0 Å². The molecule has 0 amide bonds. The summed E-state index contributed by atoms with van der Waals surface area (Å²) in [4.78, 5) is 2.20. The summed E-state index contributed by atoms with van der Waals surface area (Å²) in [6.45, 7) is 1.82. The number of hydrogen-bond donors (Lipinski definition) is 0. The average molecular weight is 307 g/mol. The van der Waals surface area contributed by atoms with Gasteiger partial charge < -0.3 is 9.32 Å². The van der Waals surface area contributed by atoms with Crippen molar-refractivity contribution in [3.05, 3.63) is 17.9 Å². The highest BCUT2D eigenvalue weighted by atomic mass is 35.5. The van der Waals surface area contributed by atoms with Gasteiger partial charge in [-0.05, 0) is 45.1 Å². The molecule has 0 aliphatic carbocycles. The lowest BCUT2D eigenvalue weighted by Crippen LogP contribution is -2.44. The summed E-state index contributed by atoms with van der Waals surface area (Å²) in [5.74, 6) is 0.644. The molecule has 1 aromatic heterocycles. The quantitative estimate of drug-likeness (QED) is 0.795. The van der Waals surface area contributed by atoms with Gasteiger partial charge in [0.1, 0.15) is 5.76 Å². The Morgan fingerprint density at radius 3 is 2.58 bits per heavy atom. The highest BCUT2D eigenvalue weighted by molar-refractivity contribution is 7.89. The second-order valence-corrected chi connectivity index (χ2v) is 7.11. The van der Waals surface area contributed by atoms with Crippen molar-refractivity contribution < 1.29 is 12.8 Å². The van der Waals surface area contributed by atoms with Crippen LogP contribution in [0.5, 0.6) is 0 Å². The van der Waals surface area contributed by atoms with Gasteiger partial charge in [-0.15, -0.1) is 11.6 Å². The van der Waals surface area contributed by atoms with Crippen LogP contribution in [0.4, 0.5) is 0 Å². The van der Waals surface area contributed by atoms with E-state index in [0.717, 1.165) is 25.9 Å². The van der Waals surface area contributed by atoms with Crippen LogP contribution in [0, 0.1) is 0 Å². The van der Waals surface area contributed by atoms with Gasteiger partial charge in [0, 0.05) is 13.1 Å². The van der Waals surface area contributed by atoms with Gasteiger partial charge in [-0.2, -0.15) is 4.31 Å². The summed E-state index contributed by atoms with van der Waals surface area (Å²) in [5, 5.41) is -0.0235. The molecule has 0 saturated carbocycles. The largest absolute Gasteiger partial charge is 0.447 e. The molecule has 19 heavy (non-hydrogen) atoms. The molecule has 0 spiro atoms. The second-order valence-electron chi connectivity index (χ2n) is 4.91. The summed E-state index contributed by atoms with van der Waals surface area (Å²) in [7, 11) is 0.109. The fraction of sp³-hybridized carbons (Fsp3) is 0.667. The van der Waals surface area contributed by atoms with Gasteiger partial charge in [-0.25, -0.2) is 8.42 Å². The number of piperidine rings is 1. The first-order valence-electron chi connectivity index (χ1n) is 6.26. The summed E-state index contributed by atoms with van der Waals surface area (Å²) in [6, 6.07) is 3.10. The number of rotatable bonds is 4. The zero-order chi connectivity index (χ0) is 14.0. The Hall–Kier alpha value is -0.560. The minimum atomic E-state index is -3.56. The summed E-state index contributed by atoms with van der Waals surface area (Å²) in [5.41, 5.74) is 0. The molecule has 5 nitrogen and oxygen atoms in total. The number of hydrogen-bond acceptors (Lipinski definition) is 4. The molecular formula is C12H19ClN2O3S. The Labute approximate surface area is 119 Å². The molecule has 2 heterocycles. The van der Waals surface area contributed by atoms with E-state index in [1.807, 2.05) is 7.05 Å². The monoisotopic (exact) mass is 306 g/mol. The fourth-order valence-corrected chi connectivity index (χ4v) is 3.75. The molecule has 1 fully saturated rings. The first kappa shape index (κ1) is 14.8. The molecule has 0 unspecified atom stereocenters. The van der Waals surface area contributed by atoms with E-state index in [0.29, 0.717) is 5.76 Å². The van der Waals surface area contributed by atoms with Crippen LogP contribution < -0.4 is 0 Å². The smallest absolute Gasteiger partial charge is 0.276 e. The Kier molecular flexibility index (Phi) is 4.55. The van der Waals surface area contributed by atoms with Crippen LogP contribution in [0.25, 0.3) is 0 Å². The fourth-order valence-electron chi connectivity index (χ4n) is 2.27. The minimum Gasteiger partial charge on any atom is -0.447 e. The lowest BCUT2D eigenvalue weighted by Gasteiger charge is -2.33. The van der Waals surface area contributed by atoms with Crippen LogP contribution in [0.2, 0.25) is 0 Å². The molecule has 1 aliphatic heterocycles. The van der Waals surface area contributed by atoms with Gasteiger partial charge in [-0.3, -0.25) is 0 Å². The van der Waals surface area contributed by atoms with Gasteiger partial charge in [0.15, 0.2) is 0 Å². The molecule has 0 atom stereocenters. The number of halogens is 1. The molecule has 1 aliphatic rings. The standard InChI is InChI=1S/C12H19ClN2O3S/c1-14-7-5-10(6-8-14)15(2)19(16,17)12-4-3-11(9-13)18-12/h3-4,10H,5-9H2,1-2H3. The molecule has 0 bridgehead atoms. The predicted molar refractivity (Wildman–Crippen MR) is 73.7 cm³/mol. The van der Waals surface area contributed by atoms with Crippen molar-refractivity contribution in [2.75, 3.05) is 27.2 Å². The van der Waals surface area contributed by atoms with Gasteiger partial charge in [-0.1, -0.05) is 0 Å². The number of alkyl halides is 1. The first-order chi connectivity index (χ1) is 8.95. The molecule has 1 aromatic rings. The van der Waals surface area contributed by atoms with Crippen molar-refractivity contribution in [1.82, 2.24) is 9.21 Å². The molecule has 0 N–H and O–H groups in total. The van der Waals surface area contributed by atoms with Crippen LogP contribution in [0.1, 0.15) is 18.6 Å². The molecule has 2 rings (SSSR count). The van der Waals surface area contributed by atoms with E-state index in [-0.39, 0.29) is 17.0 Å². The normalized spacial score (nSPS) is 19.2. The topological polar surface area (TPSA) is 53.8 Å². The number of nitrogens with zero attached hydrogens (tertiary/aromatic N) is 2. The summed E-state index contributed by atoms with van der Waals surface area (Å²) < 4.78 is 31.5. The van der Waals surface area contributed by atoms with Crippen molar-refractivity contribution >= 4 is 21.6 Å². The molecule has 0 aromatic carbocycles. The zero-order valence-electron chi connectivity index (χ0n) is 11.2. The highest BCUT2D eigenvalue weighted by Gasteiger charge is 2.32. The Morgan fingerprint density at radius 2 is 2.05 bits per heavy atom. The summed E-state index contributed by atoms with van der Waals surface area (Å²) >= 11 is 5.63. The second kappa shape index (κ2) is 5.83. The Balaban J connectivity index is 2.14. The SMILES string of the molecule is CN1CCC(N(C)S(=O)(=O)c2ccc(CCl)o2)CC1. The van der Waals surface area contributed by atoms with E-state index >= 15 is 0 Å². The van der Waals surface area contributed by atoms with Crippen LogP contribution in [0.3, 0.4) is 0 Å². The molecular weight excluding hydrogens is 288 g/mol. The third kappa shape index (κ3) is 3.13. The van der Waals surface area contributed by atoms with E-state index in [1.54, 1.807) is 13.1 Å². The third-order valence-corrected chi connectivity index (χ3v) is 5.65. The molecule has 108 valence electrons. The van der Waals surface area contributed by atoms with Crippen LogP contribution in [0.15, 0.2) is 21.6 Å². The van der Waals surface area contributed by atoms with Crippen molar-refractivity contribution in [3.8, 4) is 0 Å². The molecule has 0 radical (unpaired) electrons. The molecule has 7 heteroatoms. The third-order valence-electron chi connectivity index (χ3n) is 3.60. The van der Waals surface area contributed by atoms with Gasteiger partial charge in [0.05, 0.1) is 5.88 Å². The number of furan rings is 1. The first-order valence-corrected chi connectivity index (χ1v) is 8.24. The Bertz CT molecular complexity index is 521. The predicted octanol–water partition coefficient (Wildman–Crippen LogP) is 1.73. The maximum absolute atomic E-state index is 12.4. The van der Waals surface area contributed by atoms with Crippen LogP contribution in [-0.2, 0) is 15.9 Å². The van der Waals surface area contributed by atoms with E-state index in [4.69, 9.17) is 16.0 Å². The maximum Gasteiger partial charge on any atom is 0.276 e. The van der Waals surface area contributed by atoms with E-state index in [1.165, 1.54) is 10.4 Å². The van der Waals surface area contributed by atoms with Gasteiger partial charge in [0.2, 0.25) is 5.09 Å². The number of likely N-dealkylation sites (tertiary alicyclic amines) is 1. The highest BCUT2D eigenvalue weighted by Crippen LogP contribution is 2.24. The maximum atomic E-state index is 12.4. The average Bonchev–Trinajstić information content (AvgIpc) is 2.88.